The summed E-state index contributed by atoms with van der Waals surface area (Å²) in [6.07, 6.45) is 6.86. The molecule has 3 rings (SSSR count). The van der Waals surface area contributed by atoms with Gasteiger partial charge in [-0.3, -0.25) is 0 Å². The Hall–Kier alpha value is -2.24. The van der Waals surface area contributed by atoms with E-state index in [2.05, 4.69) is 20.2 Å². The van der Waals surface area contributed by atoms with E-state index in [1.54, 1.807) is 6.21 Å². The summed E-state index contributed by atoms with van der Waals surface area (Å²) in [5.41, 5.74) is 2.46. The molecule has 1 saturated heterocycles. The number of rotatable bonds is 3. The largest absolute Gasteiger partial charge is 0.369 e. The van der Waals surface area contributed by atoms with Crippen molar-refractivity contribution in [2.45, 2.75) is 19.8 Å². The summed E-state index contributed by atoms with van der Waals surface area (Å²) in [4.78, 5) is 2.10. The number of aromatic nitrogens is 3. The molecule has 6 heteroatoms. The number of nitrogens with zero attached hydrogens (tertiary/aromatic N) is 5. The fraction of sp³-hybridized carbons (Fsp3) is 0.357. The van der Waals surface area contributed by atoms with Gasteiger partial charge < -0.3 is 4.90 Å². The maximum absolute atomic E-state index is 14.2. The Kier molecular flexibility index (Phi) is 3.45. The van der Waals surface area contributed by atoms with Gasteiger partial charge in [-0.15, -0.1) is 10.2 Å². The van der Waals surface area contributed by atoms with Gasteiger partial charge in [0.2, 0.25) is 0 Å². The van der Waals surface area contributed by atoms with Gasteiger partial charge in [-0.25, -0.2) is 9.07 Å². The molecule has 2 aromatic rings. The lowest BCUT2D eigenvalue weighted by molar-refractivity contribution is 0.622. The predicted octanol–water partition coefficient (Wildman–Crippen LogP) is 2.21. The Morgan fingerprint density at radius 2 is 1.90 bits per heavy atom. The van der Waals surface area contributed by atoms with Crippen molar-refractivity contribution < 1.29 is 4.39 Å². The first-order valence-electron chi connectivity index (χ1n) is 6.68. The molecule has 1 aliphatic rings. The van der Waals surface area contributed by atoms with Crippen molar-refractivity contribution in [3.63, 3.8) is 0 Å². The van der Waals surface area contributed by atoms with E-state index in [0.717, 1.165) is 37.1 Å². The molecule has 0 spiro atoms. The minimum Gasteiger partial charge on any atom is -0.369 e. The molecule has 0 N–H and O–H groups in total. The molecule has 1 fully saturated rings. The summed E-state index contributed by atoms with van der Waals surface area (Å²) >= 11 is 0. The molecule has 1 aromatic carbocycles. The van der Waals surface area contributed by atoms with Crippen molar-refractivity contribution in [1.29, 1.82) is 0 Å². The van der Waals surface area contributed by atoms with Gasteiger partial charge in [-0.1, -0.05) is 0 Å². The molecule has 0 aliphatic carbocycles. The van der Waals surface area contributed by atoms with Crippen LogP contribution in [0.3, 0.4) is 0 Å². The van der Waals surface area contributed by atoms with E-state index in [4.69, 9.17) is 0 Å². The molecule has 1 aliphatic heterocycles. The molecular weight excluding hydrogens is 257 g/mol. The fourth-order valence-corrected chi connectivity index (χ4v) is 2.40. The molecule has 0 atom stereocenters. The number of aryl methyl sites for hydroxylation is 1. The van der Waals surface area contributed by atoms with Crippen molar-refractivity contribution in [3.05, 3.63) is 41.7 Å². The number of benzene rings is 1. The molecule has 0 amide bonds. The van der Waals surface area contributed by atoms with Gasteiger partial charge in [0.05, 0.1) is 11.9 Å². The highest BCUT2D eigenvalue weighted by molar-refractivity contribution is 5.82. The lowest BCUT2D eigenvalue weighted by Crippen LogP contribution is -2.19. The molecule has 20 heavy (non-hydrogen) atoms. The predicted molar refractivity (Wildman–Crippen MR) is 75.6 cm³/mol. The smallest absolute Gasteiger partial charge is 0.147 e. The summed E-state index contributed by atoms with van der Waals surface area (Å²) in [6.45, 7) is 3.83. The summed E-state index contributed by atoms with van der Waals surface area (Å²) in [5, 5.41) is 11.5. The molecule has 0 bridgehead atoms. The first-order valence-corrected chi connectivity index (χ1v) is 6.68. The average molecular weight is 273 g/mol. The molecule has 104 valence electrons. The molecular formula is C14H16FN5. The van der Waals surface area contributed by atoms with Gasteiger partial charge in [0, 0.05) is 18.7 Å². The van der Waals surface area contributed by atoms with E-state index in [-0.39, 0.29) is 5.82 Å². The second kappa shape index (κ2) is 5.40. The Labute approximate surface area is 116 Å². The first-order chi connectivity index (χ1) is 9.74. The zero-order valence-corrected chi connectivity index (χ0v) is 11.3. The molecule has 5 nitrogen and oxygen atoms in total. The molecule has 0 unspecified atom stereocenters. The summed E-state index contributed by atoms with van der Waals surface area (Å²) in [7, 11) is 0. The number of hydrogen-bond donors (Lipinski definition) is 0. The molecule has 0 radical (unpaired) electrons. The van der Waals surface area contributed by atoms with Gasteiger partial charge in [-0.05, 0) is 37.5 Å². The van der Waals surface area contributed by atoms with Crippen LogP contribution >= 0.6 is 0 Å². The molecule has 2 heterocycles. The lowest BCUT2D eigenvalue weighted by atomic mass is 10.1. The Balaban J connectivity index is 1.87. The topological polar surface area (TPSA) is 46.3 Å². The van der Waals surface area contributed by atoms with Crippen LogP contribution in [0.25, 0.3) is 0 Å². The van der Waals surface area contributed by atoms with Gasteiger partial charge in [0.25, 0.3) is 0 Å². The zero-order chi connectivity index (χ0) is 13.9. The van der Waals surface area contributed by atoms with Crippen molar-refractivity contribution in [3.8, 4) is 0 Å². The first kappa shape index (κ1) is 12.8. The third-order valence-corrected chi connectivity index (χ3v) is 3.52. The SMILES string of the molecule is Cc1cc(N2CCCC2)c(F)cc1C=Nn1cnnc1. The van der Waals surface area contributed by atoms with Crippen molar-refractivity contribution >= 4 is 11.9 Å². The second-order valence-corrected chi connectivity index (χ2v) is 4.94. The average Bonchev–Trinajstić information content (AvgIpc) is 3.11. The second-order valence-electron chi connectivity index (χ2n) is 4.94. The standard InChI is InChI=1S/C14H16FN5/c1-11-6-14(19-4-2-3-5-19)13(15)7-12(11)8-18-20-9-16-17-10-20/h6-10H,2-5H2,1H3. The van der Waals surface area contributed by atoms with E-state index < -0.39 is 0 Å². The van der Waals surface area contributed by atoms with Crippen molar-refractivity contribution in [2.75, 3.05) is 18.0 Å². The Bertz CT molecular complexity index is 615. The maximum atomic E-state index is 14.2. The van der Waals surface area contributed by atoms with E-state index in [9.17, 15) is 4.39 Å². The Morgan fingerprint density at radius 3 is 2.60 bits per heavy atom. The van der Waals surface area contributed by atoms with Gasteiger partial charge in [0.1, 0.15) is 18.5 Å². The fourth-order valence-electron chi connectivity index (χ4n) is 2.40. The number of anilines is 1. The van der Waals surface area contributed by atoms with Crippen LogP contribution in [0.5, 0.6) is 0 Å². The normalized spacial score (nSPS) is 15.4. The van der Waals surface area contributed by atoms with E-state index in [1.165, 1.54) is 23.4 Å². The van der Waals surface area contributed by atoms with Crippen LogP contribution in [0.2, 0.25) is 0 Å². The third kappa shape index (κ3) is 2.54. The van der Waals surface area contributed by atoms with E-state index in [0.29, 0.717) is 5.69 Å². The summed E-state index contributed by atoms with van der Waals surface area (Å²) in [6, 6.07) is 3.44. The van der Waals surface area contributed by atoms with Gasteiger partial charge in [-0.2, -0.15) is 5.10 Å². The summed E-state index contributed by atoms with van der Waals surface area (Å²) < 4.78 is 15.7. The quantitative estimate of drug-likeness (QED) is 0.805. The highest BCUT2D eigenvalue weighted by Crippen LogP contribution is 2.26. The minimum absolute atomic E-state index is 0.192. The lowest BCUT2D eigenvalue weighted by Gasteiger charge is -2.19. The van der Waals surface area contributed by atoms with E-state index >= 15 is 0 Å². The van der Waals surface area contributed by atoms with Crippen LogP contribution in [0.15, 0.2) is 29.9 Å². The maximum Gasteiger partial charge on any atom is 0.147 e. The van der Waals surface area contributed by atoms with Crippen LogP contribution in [-0.2, 0) is 0 Å². The van der Waals surface area contributed by atoms with Crippen molar-refractivity contribution in [1.82, 2.24) is 14.9 Å². The minimum atomic E-state index is -0.192. The van der Waals surface area contributed by atoms with Crippen LogP contribution in [-0.4, -0.2) is 34.2 Å². The molecule has 0 saturated carbocycles. The highest BCUT2D eigenvalue weighted by atomic mass is 19.1. The number of hydrogen-bond acceptors (Lipinski definition) is 4. The van der Waals surface area contributed by atoms with Gasteiger partial charge >= 0.3 is 0 Å². The van der Waals surface area contributed by atoms with E-state index in [1.807, 2.05) is 13.0 Å². The molecule has 1 aromatic heterocycles. The van der Waals surface area contributed by atoms with Crippen molar-refractivity contribution in [2.24, 2.45) is 5.10 Å². The zero-order valence-electron chi connectivity index (χ0n) is 11.3. The summed E-state index contributed by atoms with van der Waals surface area (Å²) in [5.74, 6) is -0.192. The van der Waals surface area contributed by atoms with Crippen LogP contribution in [0, 0.1) is 12.7 Å². The van der Waals surface area contributed by atoms with Crippen LogP contribution in [0.4, 0.5) is 10.1 Å². The Morgan fingerprint density at radius 1 is 1.20 bits per heavy atom. The van der Waals surface area contributed by atoms with Crippen LogP contribution in [0.1, 0.15) is 24.0 Å². The number of halogens is 1. The van der Waals surface area contributed by atoms with Crippen LogP contribution < -0.4 is 4.90 Å². The highest BCUT2D eigenvalue weighted by Gasteiger charge is 2.17. The van der Waals surface area contributed by atoms with Gasteiger partial charge in [0.15, 0.2) is 0 Å². The third-order valence-electron chi connectivity index (χ3n) is 3.52. The monoisotopic (exact) mass is 273 g/mol.